The zero-order valence-electron chi connectivity index (χ0n) is 16.1. The van der Waals surface area contributed by atoms with Gasteiger partial charge in [-0.2, -0.15) is 20.1 Å². The number of para-hydroxylation sites is 2. The van der Waals surface area contributed by atoms with Crippen molar-refractivity contribution in [1.29, 1.82) is 0 Å². The molecule has 0 bridgehead atoms. The number of benzene rings is 3. The number of anilines is 5. The fourth-order valence-corrected chi connectivity index (χ4v) is 2.98. The molecule has 3 aromatic carbocycles. The third-order valence-electron chi connectivity index (χ3n) is 4.04. The zero-order valence-corrected chi connectivity index (χ0v) is 17.6. The number of nitrogens with zero attached hydrogens (tertiary/aromatic N) is 4. The largest absolute Gasteiger partial charge is 0.324 e. The molecule has 0 radical (unpaired) electrons. The molecule has 154 valence electrons. The third-order valence-corrected chi connectivity index (χ3v) is 4.88. The summed E-state index contributed by atoms with van der Waals surface area (Å²) in [6, 6.07) is 24.5. The molecule has 7 nitrogen and oxygen atoms in total. The lowest BCUT2D eigenvalue weighted by atomic mass is 10.2. The van der Waals surface area contributed by atoms with Gasteiger partial charge in [0.15, 0.2) is 0 Å². The third kappa shape index (κ3) is 5.69. The maximum absolute atomic E-state index is 6.19. The van der Waals surface area contributed by atoms with Crippen LogP contribution in [0.3, 0.4) is 0 Å². The Bertz CT molecular complexity index is 1130. The van der Waals surface area contributed by atoms with Gasteiger partial charge in [0, 0.05) is 16.9 Å². The quantitative estimate of drug-likeness (QED) is 0.233. The van der Waals surface area contributed by atoms with E-state index in [0.29, 0.717) is 27.5 Å². The Morgan fingerprint density at radius 2 is 1.19 bits per heavy atom. The van der Waals surface area contributed by atoms with Crippen LogP contribution in [-0.4, -0.2) is 21.2 Å². The van der Waals surface area contributed by atoms with Crippen molar-refractivity contribution in [3.05, 3.63) is 94.5 Å². The Labute approximate surface area is 189 Å². The maximum Gasteiger partial charge on any atom is 0.250 e. The lowest BCUT2D eigenvalue weighted by molar-refractivity contribution is 1.04. The van der Waals surface area contributed by atoms with E-state index >= 15 is 0 Å². The lowest BCUT2D eigenvalue weighted by Gasteiger charge is -2.10. The summed E-state index contributed by atoms with van der Waals surface area (Å²) in [5, 5.41) is 11.4. The van der Waals surface area contributed by atoms with Gasteiger partial charge in [-0.05, 0) is 30.3 Å². The van der Waals surface area contributed by atoms with E-state index in [-0.39, 0.29) is 5.95 Å². The van der Waals surface area contributed by atoms with Crippen molar-refractivity contribution in [2.24, 2.45) is 5.10 Å². The molecule has 3 N–H and O–H groups in total. The zero-order chi connectivity index (χ0) is 21.5. The SMILES string of the molecule is Clc1cccc(/C=N/Nc2nc(Nc3ccccc3)nc(Nc3ccccc3)n2)c1Cl. The Hall–Kier alpha value is -3.68. The molecule has 0 saturated carbocycles. The Balaban J connectivity index is 1.59. The number of rotatable bonds is 7. The van der Waals surface area contributed by atoms with Crippen molar-refractivity contribution < 1.29 is 0 Å². The van der Waals surface area contributed by atoms with E-state index in [2.05, 4.69) is 36.1 Å². The summed E-state index contributed by atoms with van der Waals surface area (Å²) in [6.45, 7) is 0. The first kappa shape index (κ1) is 20.6. The van der Waals surface area contributed by atoms with Crippen LogP contribution in [0.25, 0.3) is 0 Å². The Morgan fingerprint density at radius 1 is 0.645 bits per heavy atom. The van der Waals surface area contributed by atoms with Crippen LogP contribution in [0.2, 0.25) is 10.0 Å². The van der Waals surface area contributed by atoms with Gasteiger partial charge in [0.1, 0.15) is 0 Å². The van der Waals surface area contributed by atoms with E-state index in [9.17, 15) is 0 Å². The minimum absolute atomic E-state index is 0.251. The molecule has 4 aromatic rings. The van der Waals surface area contributed by atoms with Gasteiger partial charge in [0.05, 0.1) is 16.3 Å². The molecule has 31 heavy (non-hydrogen) atoms. The van der Waals surface area contributed by atoms with Crippen molar-refractivity contribution >= 4 is 58.6 Å². The molecule has 0 saturated heterocycles. The number of hydrazone groups is 1. The van der Waals surface area contributed by atoms with Gasteiger partial charge in [-0.3, -0.25) is 0 Å². The molecule has 0 aliphatic heterocycles. The van der Waals surface area contributed by atoms with Crippen molar-refractivity contribution in [2.45, 2.75) is 0 Å². The predicted octanol–water partition coefficient (Wildman–Crippen LogP) is 6.11. The first-order valence-corrected chi connectivity index (χ1v) is 10.1. The second kappa shape index (κ2) is 9.88. The molecule has 9 heteroatoms. The lowest BCUT2D eigenvalue weighted by Crippen LogP contribution is -2.07. The van der Waals surface area contributed by atoms with Gasteiger partial charge in [0.25, 0.3) is 0 Å². The highest BCUT2D eigenvalue weighted by Crippen LogP contribution is 2.24. The number of hydrogen-bond donors (Lipinski definition) is 3. The summed E-state index contributed by atoms with van der Waals surface area (Å²) in [4.78, 5) is 13.2. The average Bonchev–Trinajstić information content (AvgIpc) is 2.78. The minimum atomic E-state index is 0.251. The normalized spacial score (nSPS) is 10.8. The molecular formula is C22H17Cl2N7. The number of aromatic nitrogens is 3. The first-order chi connectivity index (χ1) is 15.2. The molecule has 0 aliphatic rings. The number of halogens is 2. The molecule has 0 amide bonds. The van der Waals surface area contributed by atoms with Gasteiger partial charge in [-0.15, -0.1) is 0 Å². The van der Waals surface area contributed by atoms with Crippen LogP contribution in [0.1, 0.15) is 5.56 Å². The monoisotopic (exact) mass is 449 g/mol. The highest BCUT2D eigenvalue weighted by molar-refractivity contribution is 6.43. The van der Waals surface area contributed by atoms with Crippen molar-refractivity contribution in [2.75, 3.05) is 16.1 Å². The molecule has 0 unspecified atom stereocenters. The van der Waals surface area contributed by atoms with E-state index < -0.39 is 0 Å². The van der Waals surface area contributed by atoms with E-state index in [0.717, 1.165) is 11.4 Å². The van der Waals surface area contributed by atoms with Gasteiger partial charge < -0.3 is 10.6 Å². The van der Waals surface area contributed by atoms with Gasteiger partial charge >= 0.3 is 0 Å². The minimum Gasteiger partial charge on any atom is -0.324 e. The molecule has 0 aliphatic carbocycles. The standard InChI is InChI=1S/C22H17Cl2N7/c23-18-13-7-8-15(19(18)24)14-25-31-22-29-20(26-16-9-3-1-4-10-16)28-21(30-22)27-17-11-5-2-6-12-17/h1-14H,(H3,26,27,28,29,30,31)/b25-14+. The topological polar surface area (TPSA) is 87.1 Å². The fraction of sp³-hybridized carbons (Fsp3) is 0. The van der Waals surface area contributed by atoms with Crippen molar-refractivity contribution in [1.82, 2.24) is 15.0 Å². The maximum atomic E-state index is 6.19. The number of hydrogen-bond acceptors (Lipinski definition) is 7. The summed E-state index contributed by atoms with van der Waals surface area (Å²) in [5.74, 6) is 0.970. The second-order valence-electron chi connectivity index (χ2n) is 6.30. The van der Waals surface area contributed by atoms with Crippen molar-refractivity contribution in [3.8, 4) is 0 Å². The molecule has 0 spiro atoms. The summed E-state index contributed by atoms with van der Waals surface area (Å²) >= 11 is 12.2. The van der Waals surface area contributed by atoms with E-state index in [1.165, 1.54) is 0 Å². The van der Waals surface area contributed by atoms with Crippen LogP contribution in [0.5, 0.6) is 0 Å². The fourth-order valence-electron chi connectivity index (χ4n) is 2.62. The van der Waals surface area contributed by atoms with Crippen LogP contribution >= 0.6 is 23.2 Å². The first-order valence-electron chi connectivity index (χ1n) is 9.31. The smallest absolute Gasteiger partial charge is 0.250 e. The van der Waals surface area contributed by atoms with E-state index in [4.69, 9.17) is 23.2 Å². The highest BCUT2D eigenvalue weighted by Gasteiger charge is 2.08. The van der Waals surface area contributed by atoms with Gasteiger partial charge in [0.2, 0.25) is 17.8 Å². The molecule has 4 rings (SSSR count). The van der Waals surface area contributed by atoms with Gasteiger partial charge in [-0.1, -0.05) is 71.7 Å². The average molecular weight is 450 g/mol. The van der Waals surface area contributed by atoms with E-state index in [1.807, 2.05) is 60.7 Å². The van der Waals surface area contributed by atoms with Crippen LogP contribution in [0.4, 0.5) is 29.2 Å². The summed E-state index contributed by atoms with van der Waals surface area (Å²) in [6.07, 6.45) is 1.55. The molecule has 1 heterocycles. The van der Waals surface area contributed by atoms with Crippen LogP contribution in [0, 0.1) is 0 Å². The Kier molecular flexibility index (Phi) is 6.56. The molecule has 0 atom stereocenters. The molecule has 0 fully saturated rings. The molecular weight excluding hydrogens is 433 g/mol. The highest BCUT2D eigenvalue weighted by atomic mass is 35.5. The van der Waals surface area contributed by atoms with E-state index in [1.54, 1.807) is 24.4 Å². The molecule has 1 aromatic heterocycles. The summed E-state index contributed by atoms with van der Waals surface area (Å²) in [7, 11) is 0. The summed E-state index contributed by atoms with van der Waals surface area (Å²) in [5.41, 5.74) is 5.18. The summed E-state index contributed by atoms with van der Waals surface area (Å²) < 4.78 is 0. The predicted molar refractivity (Wildman–Crippen MR) is 127 cm³/mol. The van der Waals surface area contributed by atoms with Crippen molar-refractivity contribution in [3.63, 3.8) is 0 Å². The van der Waals surface area contributed by atoms with Crippen LogP contribution in [-0.2, 0) is 0 Å². The van der Waals surface area contributed by atoms with Crippen LogP contribution in [0.15, 0.2) is 84.0 Å². The van der Waals surface area contributed by atoms with Crippen LogP contribution < -0.4 is 16.1 Å². The second-order valence-corrected chi connectivity index (χ2v) is 7.09. The number of nitrogens with one attached hydrogen (secondary N) is 3. The van der Waals surface area contributed by atoms with Gasteiger partial charge in [-0.25, -0.2) is 5.43 Å². The Morgan fingerprint density at radius 3 is 1.77 bits per heavy atom.